The van der Waals surface area contributed by atoms with Crippen molar-refractivity contribution in [2.45, 2.75) is 32.2 Å². The van der Waals surface area contributed by atoms with Crippen LogP contribution in [0.25, 0.3) is 0 Å². The minimum Gasteiger partial charge on any atom is -0.503 e. The Balaban J connectivity index is 2.05. The summed E-state index contributed by atoms with van der Waals surface area (Å²) < 4.78 is 5.24. The van der Waals surface area contributed by atoms with Crippen LogP contribution in [0, 0.1) is 0 Å². The van der Waals surface area contributed by atoms with Crippen molar-refractivity contribution in [3.8, 4) is 0 Å². The van der Waals surface area contributed by atoms with E-state index in [1.807, 2.05) is 43.3 Å². The SMILES string of the molecule is CN(C)CCN1C(=O)C(O)=C(C(=O)c2ccco2)C1c1ccc(C(C)(C)C)cc1. The van der Waals surface area contributed by atoms with Gasteiger partial charge in [-0.2, -0.15) is 0 Å². The highest BCUT2D eigenvalue weighted by atomic mass is 16.3. The number of carbonyl (C=O) groups excluding carboxylic acids is 2. The number of carbonyl (C=O) groups is 2. The van der Waals surface area contributed by atoms with Gasteiger partial charge in [0, 0.05) is 13.1 Å². The summed E-state index contributed by atoms with van der Waals surface area (Å²) in [4.78, 5) is 29.4. The molecular formula is C23H28N2O4. The maximum absolute atomic E-state index is 13.1. The Morgan fingerprint density at radius 3 is 2.34 bits per heavy atom. The molecule has 0 fully saturated rings. The van der Waals surface area contributed by atoms with E-state index in [-0.39, 0.29) is 16.7 Å². The highest BCUT2D eigenvalue weighted by Gasteiger charge is 2.44. The van der Waals surface area contributed by atoms with Gasteiger partial charge in [0.2, 0.25) is 5.78 Å². The normalized spacial score (nSPS) is 17.5. The summed E-state index contributed by atoms with van der Waals surface area (Å²) in [6.07, 6.45) is 1.40. The van der Waals surface area contributed by atoms with Gasteiger partial charge in [0.1, 0.15) is 0 Å². The highest BCUT2D eigenvalue weighted by Crippen LogP contribution is 2.39. The lowest BCUT2D eigenvalue weighted by Crippen LogP contribution is -2.36. The van der Waals surface area contributed by atoms with E-state index < -0.39 is 23.5 Å². The summed E-state index contributed by atoms with van der Waals surface area (Å²) in [7, 11) is 3.83. The summed E-state index contributed by atoms with van der Waals surface area (Å²) in [5.41, 5.74) is 1.98. The average Bonchev–Trinajstić information content (AvgIpc) is 3.27. The highest BCUT2D eigenvalue weighted by molar-refractivity contribution is 6.15. The number of rotatable bonds is 6. The van der Waals surface area contributed by atoms with Gasteiger partial charge in [-0.3, -0.25) is 9.59 Å². The molecule has 0 bridgehead atoms. The van der Waals surface area contributed by atoms with Gasteiger partial charge < -0.3 is 19.3 Å². The minimum atomic E-state index is -0.658. The fraction of sp³-hybridized carbons (Fsp3) is 0.391. The molecule has 1 atom stereocenters. The fourth-order valence-electron chi connectivity index (χ4n) is 3.48. The second kappa shape index (κ2) is 7.87. The van der Waals surface area contributed by atoms with Crippen LogP contribution in [0.4, 0.5) is 0 Å². The summed E-state index contributed by atoms with van der Waals surface area (Å²) in [5.74, 6) is -1.41. The molecule has 0 spiro atoms. The number of ketones is 1. The van der Waals surface area contributed by atoms with Crippen LogP contribution in [-0.2, 0) is 10.2 Å². The number of hydrogen-bond donors (Lipinski definition) is 1. The second-order valence-electron chi connectivity index (χ2n) is 8.65. The van der Waals surface area contributed by atoms with Crippen LogP contribution in [0.3, 0.4) is 0 Å². The fourth-order valence-corrected chi connectivity index (χ4v) is 3.48. The molecule has 1 aliphatic rings. The number of Topliss-reactive ketones (excluding diaryl/α,β-unsaturated/α-hetero) is 1. The van der Waals surface area contributed by atoms with E-state index in [1.165, 1.54) is 12.3 Å². The smallest absolute Gasteiger partial charge is 0.290 e. The van der Waals surface area contributed by atoms with Gasteiger partial charge in [-0.1, -0.05) is 45.0 Å². The Kier molecular flexibility index (Phi) is 5.66. The first-order valence-electron chi connectivity index (χ1n) is 9.68. The Morgan fingerprint density at radius 2 is 1.83 bits per heavy atom. The number of aliphatic hydroxyl groups is 1. The number of furan rings is 1. The third kappa shape index (κ3) is 4.12. The summed E-state index contributed by atoms with van der Waals surface area (Å²) in [5, 5.41) is 10.6. The van der Waals surface area contributed by atoms with Crippen molar-refractivity contribution in [3.63, 3.8) is 0 Å². The van der Waals surface area contributed by atoms with E-state index in [1.54, 1.807) is 11.0 Å². The van der Waals surface area contributed by atoms with E-state index in [4.69, 9.17) is 4.42 Å². The molecule has 1 amide bonds. The van der Waals surface area contributed by atoms with E-state index in [0.717, 1.165) is 11.1 Å². The van der Waals surface area contributed by atoms with Gasteiger partial charge in [0.15, 0.2) is 11.5 Å². The zero-order valence-corrected chi connectivity index (χ0v) is 17.6. The number of aliphatic hydroxyl groups excluding tert-OH is 1. The quantitative estimate of drug-likeness (QED) is 0.754. The molecule has 1 aliphatic heterocycles. The van der Waals surface area contributed by atoms with Crippen LogP contribution in [0.15, 0.2) is 58.4 Å². The van der Waals surface area contributed by atoms with Gasteiger partial charge in [0.05, 0.1) is 17.9 Å². The Labute approximate surface area is 171 Å². The third-order valence-electron chi connectivity index (χ3n) is 5.17. The summed E-state index contributed by atoms with van der Waals surface area (Å²) >= 11 is 0. The molecule has 0 saturated heterocycles. The van der Waals surface area contributed by atoms with Gasteiger partial charge in [-0.15, -0.1) is 0 Å². The lowest BCUT2D eigenvalue weighted by atomic mass is 9.85. The Bertz CT molecular complexity index is 919. The van der Waals surface area contributed by atoms with E-state index in [2.05, 4.69) is 20.8 Å². The average molecular weight is 396 g/mol. The minimum absolute atomic E-state index is 0.0145. The maximum atomic E-state index is 13.1. The van der Waals surface area contributed by atoms with Crippen molar-refractivity contribution in [3.05, 3.63) is 70.9 Å². The molecular weight excluding hydrogens is 368 g/mol. The first-order chi connectivity index (χ1) is 13.6. The molecule has 1 aromatic heterocycles. The first kappa shape index (κ1) is 20.9. The predicted molar refractivity (Wildman–Crippen MR) is 111 cm³/mol. The van der Waals surface area contributed by atoms with Crippen molar-refractivity contribution in [2.24, 2.45) is 0 Å². The molecule has 29 heavy (non-hydrogen) atoms. The van der Waals surface area contributed by atoms with E-state index >= 15 is 0 Å². The van der Waals surface area contributed by atoms with Gasteiger partial charge >= 0.3 is 0 Å². The molecule has 1 N–H and O–H groups in total. The molecule has 2 heterocycles. The molecule has 0 radical (unpaired) electrons. The number of benzene rings is 1. The number of amides is 1. The molecule has 1 aromatic carbocycles. The molecule has 3 rings (SSSR count). The largest absolute Gasteiger partial charge is 0.503 e. The van der Waals surface area contributed by atoms with Crippen LogP contribution >= 0.6 is 0 Å². The molecule has 6 heteroatoms. The topological polar surface area (TPSA) is 74.0 Å². The molecule has 2 aromatic rings. The lowest BCUT2D eigenvalue weighted by Gasteiger charge is -2.28. The summed E-state index contributed by atoms with van der Waals surface area (Å²) in [6.45, 7) is 7.38. The van der Waals surface area contributed by atoms with Gasteiger partial charge in [-0.25, -0.2) is 0 Å². The third-order valence-corrected chi connectivity index (χ3v) is 5.17. The maximum Gasteiger partial charge on any atom is 0.290 e. The lowest BCUT2D eigenvalue weighted by molar-refractivity contribution is -0.129. The Morgan fingerprint density at radius 1 is 1.17 bits per heavy atom. The van der Waals surface area contributed by atoms with Crippen molar-refractivity contribution in [1.82, 2.24) is 9.80 Å². The van der Waals surface area contributed by atoms with Crippen LogP contribution in [0.1, 0.15) is 48.5 Å². The molecule has 0 saturated carbocycles. The molecule has 0 aliphatic carbocycles. The first-order valence-corrected chi connectivity index (χ1v) is 9.68. The zero-order valence-electron chi connectivity index (χ0n) is 17.6. The predicted octanol–water partition coefficient (Wildman–Crippen LogP) is 3.72. The van der Waals surface area contributed by atoms with E-state index in [9.17, 15) is 14.7 Å². The van der Waals surface area contributed by atoms with Crippen molar-refractivity contribution in [1.29, 1.82) is 0 Å². The Hall–Kier alpha value is -2.86. The number of likely N-dealkylation sites (N-methyl/N-ethyl adjacent to an activating group) is 1. The van der Waals surface area contributed by atoms with Crippen LogP contribution in [0.5, 0.6) is 0 Å². The summed E-state index contributed by atoms with van der Waals surface area (Å²) in [6, 6.07) is 10.4. The second-order valence-corrected chi connectivity index (χ2v) is 8.65. The zero-order chi connectivity index (χ0) is 21.3. The number of hydrogen-bond acceptors (Lipinski definition) is 5. The van der Waals surface area contributed by atoms with Crippen LogP contribution in [0.2, 0.25) is 0 Å². The monoisotopic (exact) mass is 396 g/mol. The molecule has 6 nitrogen and oxygen atoms in total. The van der Waals surface area contributed by atoms with Gasteiger partial charge in [-0.05, 0) is 42.8 Å². The van der Waals surface area contributed by atoms with Crippen molar-refractivity contribution in [2.75, 3.05) is 27.2 Å². The van der Waals surface area contributed by atoms with Gasteiger partial charge in [0.25, 0.3) is 5.91 Å². The molecule has 154 valence electrons. The van der Waals surface area contributed by atoms with E-state index in [0.29, 0.717) is 13.1 Å². The van der Waals surface area contributed by atoms with Crippen LogP contribution in [-0.4, -0.2) is 53.8 Å². The van der Waals surface area contributed by atoms with Crippen LogP contribution < -0.4 is 0 Å². The molecule has 1 unspecified atom stereocenters. The van der Waals surface area contributed by atoms with Crippen molar-refractivity contribution >= 4 is 11.7 Å². The number of nitrogens with zero attached hydrogens (tertiary/aromatic N) is 2. The van der Waals surface area contributed by atoms with Crippen molar-refractivity contribution < 1.29 is 19.1 Å². The standard InChI is InChI=1S/C23H28N2O4/c1-23(2,3)16-10-8-15(9-11-16)19-18(20(26)17-7-6-14-29-17)21(27)22(28)25(19)13-12-24(4)5/h6-11,14,19,27H,12-13H2,1-5H3.